The van der Waals surface area contributed by atoms with Gasteiger partial charge in [0.05, 0.1) is 11.8 Å². The molecule has 0 aliphatic carbocycles. The lowest BCUT2D eigenvalue weighted by Gasteiger charge is -2.29. The number of rotatable bonds is 8. The van der Waals surface area contributed by atoms with Gasteiger partial charge in [-0.25, -0.2) is 4.39 Å². The van der Waals surface area contributed by atoms with E-state index in [4.69, 9.17) is 14.2 Å². The summed E-state index contributed by atoms with van der Waals surface area (Å²) in [7, 11) is 0. The van der Waals surface area contributed by atoms with Crippen LogP contribution in [0.5, 0.6) is 11.5 Å². The van der Waals surface area contributed by atoms with Crippen molar-refractivity contribution in [3.8, 4) is 11.5 Å². The molecule has 4 rings (SSSR count). The maximum absolute atomic E-state index is 13.7. The lowest BCUT2D eigenvalue weighted by Crippen LogP contribution is -2.46. The number of carbonyl (C=O) groups is 3. The van der Waals surface area contributed by atoms with E-state index in [0.29, 0.717) is 24.6 Å². The molecule has 2 aromatic rings. The Kier molecular flexibility index (Phi) is 6.65. The molecule has 0 aromatic heterocycles. The summed E-state index contributed by atoms with van der Waals surface area (Å²) < 4.78 is 29.9. The molecule has 1 unspecified atom stereocenters. The smallest absolute Gasteiger partial charge is 0.265 e. The van der Waals surface area contributed by atoms with E-state index in [-0.39, 0.29) is 43.1 Å². The lowest BCUT2D eigenvalue weighted by atomic mass is 10.1. The van der Waals surface area contributed by atoms with Crippen molar-refractivity contribution in [1.82, 2.24) is 5.32 Å². The van der Waals surface area contributed by atoms with Gasteiger partial charge in [-0.3, -0.25) is 19.3 Å². The third-order valence-electron chi connectivity index (χ3n) is 5.27. The Morgan fingerprint density at radius 1 is 1.22 bits per heavy atom. The highest BCUT2D eigenvalue weighted by molar-refractivity contribution is 6.04. The van der Waals surface area contributed by atoms with Gasteiger partial charge < -0.3 is 19.5 Å². The fraction of sp³-hybridized carbons (Fsp3) is 0.348. The van der Waals surface area contributed by atoms with E-state index in [2.05, 4.69) is 5.32 Å². The maximum atomic E-state index is 13.7. The Bertz CT molecular complexity index is 1020. The second kappa shape index (κ2) is 9.78. The van der Waals surface area contributed by atoms with Crippen molar-refractivity contribution in [2.45, 2.75) is 18.9 Å². The van der Waals surface area contributed by atoms with Crippen molar-refractivity contribution in [2.24, 2.45) is 0 Å². The Balaban J connectivity index is 1.43. The quantitative estimate of drug-likeness (QED) is 0.630. The Labute approximate surface area is 184 Å². The molecule has 0 spiro atoms. The molecule has 32 heavy (non-hydrogen) atoms. The van der Waals surface area contributed by atoms with Crippen molar-refractivity contribution < 1.29 is 33.0 Å². The minimum absolute atomic E-state index is 0.00898. The second-order valence-electron chi connectivity index (χ2n) is 7.53. The first-order valence-corrected chi connectivity index (χ1v) is 10.4. The van der Waals surface area contributed by atoms with E-state index in [0.717, 1.165) is 12.8 Å². The number of nitrogens with zero attached hydrogens (tertiary/aromatic N) is 1. The number of Topliss-reactive ketones (excluding diaryl/α,β-unsaturated/α-hetero) is 1. The average Bonchev–Trinajstić information content (AvgIpc) is 3.32. The molecule has 2 heterocycles. The highest BCUT2D eigenvalue weighted by Crippen LogP contribution is 2.33. The summed E-state index contributed by atoms with van der Waals surface area (Å²) in [5.74, 6) is -1.33. The summed E-state index contributed by atoms with van der Waals surface area (Å²) in [5, 5.41) is 2.78. The van der Waals surface area contributed by atoms with Gasteiger partial charge in [0.1, 0.15) is 12.3 Å². The second-order valence-corrected chi connectivity index (χ2v) is 7.53. The number of hydrogen-bond donors (Lipinski definition) is 1. The van der Waals surface area contributed by atoms with Crippen LogP contribution in [0.15, 0.2) is 42.5 Å². The summed E-state index contributed by atoms with van der Waals surface area (Å²) in [4.78, 5) is 38.7. The highest BCUT2D eigenvalue weighted by atomic mass is 19.1. The lowest BCUT2D eigenvalue weighted by molar-refractivity contribution is -0.125. The van der Waals surface area contributed by atoms with Gasteiger partial charge in [0.25, 0.3) is 5.91 Å². The molecule has 9 heteroatoms. The molecular weight excluding hydrogens is 419 g/mol. The topological polar surface area (TPSA) is 94.2 Å². The molecular formula is C23H23FN2O6. The molecule has 1 saturated heterocycles. The summed E-state index contributed by atoms with van der Waals surface area (Å²) in [6.07, 6.45) is 1.85. The number of para-hydroxylation sites is 1. The molecule has 0 bridgehead atoms. The first kappa shape index (κ1) is 21.8. The van der Waals surface area contributed by atoms with E-state index in [9.17, 15) is 18.8 Å². The van der Waals surface area contributed by atoms with Crippen LogP contribution in [0.2, 0.25) is 0 Å². The van der Waals surface area contributed by atoms with E-state index >= 15 is 0 Å². The molecule has 2 amide bonds. The molecule has 0 radical (unpaired) electrons. The van der Waals surface area contributed by atoms with Gasteiger partial charge >= 0.3 is 0 Å². The summed E-state index contributed by atoms with van der Waals surface area (Å²) in [5.41, 5.74) is 0.577. The van der Waals surface area contributed by atoms with Gasteiger partial charge in [-0.15, -0.1) is 0 Å². The van der Waals surface area contributed by atoms with Gasteiger partial charge in [0.15, 0.2) is 30.6 Å². The van der Waals surface area contributed by atoms with Crippen molar-refractivity contribution in [1.29, 1.82) is 0 Å². The molecule has 1 fully saturated rings. The van der Waals surface area contributed by atoms with Crippen LogP contribution in [0.25, 0.3) is 0 Å². The molecule has 0 saturated carbocycles. The minimum Gasteiger partial charge on any atom is -0.482 e. The normalized spacial score (nSPS) is 17.5. The van der Waals surface area contributed by atoms with Gasteiger partial charge in [-0.05, 0) is 43.2 Å². The number of carbonyl (C=O) groups excluding carboxylic acids is 3. The molecule has 1 N–H and O–H groups in total. The molecule has 2 aromatic carbocycles. The fourth-order valence-corrected chi connectivity index (χ4v) is 3.57. The Hall–Kier alpha value is -3.46. The highest BCUT2D eigenvalue weighted by Gasteiger charge is 2.29. The monoisotopic (exact) mass is 442 g/mol. The molecule has 8 nitrogen and oxygen atoms in total. The third-order valence-corrected chi connectivity index (χ3v) is 5.27. The summed E-state index contributed by atoms with van der Waals surface area (Å²) in [6, 6.07) is 10.4. The van der Waals surface area contributed by atoms with Crippen LogP contribution >= 0.6 is 0 Å². The summed E-state index contributed by atoms with van der Waals surface area (Å²) in [6.45, 7) is 0.292. The number of amides is 2. The zero-order valence-corrected chi connectivity index (χ0v) is 17.3. The average molecular weight is 442 g/mol. The number of ether oxygens (including phenoxy) is 3. The predicted octanol–water partition coefficient (Wildman–Crippen LogP) is 2.11. The Morgan fingerprint density at radius 3 is 2.84 bits per heavy atom. The van der Waals surface area contributed by atoms with Gasteiger partial charge in [0.2, 0.25) is 5.91 Å². The van der Waals surface area contributed by atoms with Crippen molar-refractivity contribution >= 4 is 23.3 Å². The number of anilines is 1. The van der Waals surface area contributed by atoms with Crippen LogP contribution < -0.4 is 19.7 Å². The molecule has 168 valence electrons. The standard InChI is InChI=1S/C23H23FN2O6/c24-17-5-1-2-6-20(17)31-13-19(27)15-7-8-21-18(10-15)26(23(29)14-32-21)12-22(28)25-11-16-4-3-9-30-16/h1-2,5-8,10,16H,3-4,9,11-14H2,(H,25,28). The van der Waals surface area contributed by atoms with Crippen LogP contribution in [-0.4, -0.2) is 56.6 Å². The zero-order valence-electron chi connectivity index (χ0n) is 17.3. The minimum atomic E-state index is -0.565. The maximum Gasteiger partial charge on any atom is 0.265 e. The van der Waals surface area contributed by atoms with Crippen molar-refractivity contribution in [2.75, 3.05) is 37.8 Å². The van der Waals surface area contributed by atoms with Crippen LogP contribution in [0.1, 0.15) is 23.2 Å². The Morgan fingerprint density at radius 2 is 2.06 bits per heavy atom. The SMILES string of the molecule is O=C(CN1C(=O)COc2ccc(C(=O)COc3ccccc3F)cc21)NCC1CCCO1. The third kappa shape index (κ3) is 5.05. The number of nitrogens with one attached hydrogen (secondary N) is 1. The van der Waals surface area contributed by atoms with E-state index in [1.807, 2.05) is 0 Å². The van der Waals surface area contributed by atoms with Crippen LogP contribution in [0.4, 0.5) is 10.1 Å². The van der Waals surface area contributed by atoms with Gasteiger partial charge in [-0.2, -0.15) is 0 Å². The predicted molar refractivity (Wildman–Crippen MR) is 112 cm³/mol. The van der Waals surface area contributed by atoms with Gasteiger partial charge in [-0.1, -0.05) is 12.1 Å². The first-order valence-electron chi connectivity index (χ1n) is 10.4. The van der Waals surface area contributed by atoms with E-state index in [1.54, 1.807) is 12.1 Å². The van der Waals surface area contributed by atoms with Crippen LogP contribution in [0, 0.1) is 5.82 Å². The van der Waals surface area contributed by atoms with Crippen molar-refractivity contribution in [3.05, 3.63) is 53.8 Å². The van der Waals surface area contributed by atoms with Crippen molar-refractivity contribution in [3.63, 3.8) is 0 Å². The van der Waals surface area contributed by atoms with Gasteiger partial charge in [0, 0.05) is 18.7 Å². The number of hydrogen-bond acceptors (Lipinski definition) is 6. The number of fused-ring (bicyclic) bond motifs is 1. The van der Waals surface area contributed by atoms with Crippen LogP contribution in [-0.2, 0) is 14.3 Å². The molecule has 1 atom stereocenters. The fourth-order valence-electron chi connectivity index (χ4n) is 3.57. The zero-order chi connectivity index (χ0) is 22.5. The first-order chi connectivity index (χ1) is 15.5. The number of halogens is 1. The van der Waals surface area contributed by atoms with E-state index < -0.39 is 17.5 Å². The van der Waals surface area contributed by atoms with Crippen LogP contribution in [0.3, 0.4) is 0 Å². The number of benzene rings is 2. The molecule has 2 aliphatic rings. The van der Waals surface area contributed by atoms with E-state index in [1.165, 1.54) is 35.2 Å². The molecule has 2 aliphatic heterocycles. The number of ketones is 1. The largest absolute Gasteiger partial charge is 0.482 e. The summed E-state index contributed by atoms with van der Waals surface area (Å²) >= 11 is 0.